The molecule has 12 nitrogen and oxygen atoms in total. The first-order valence-corrected chi connectivity index (χ1v) is 22.0. The summed E-state index contributed by atoms with van der Waals surface area (Å²) in [6.07, 6.45) is 2.97. The topological polar surface area (TPSA) is 136 Å². The van der Waals surface area contributed by atoms with Crippen molar-refractivity contribution in [3.05, 3.63) is 197 Å². The quantitative estimate of drug-likeness (QED) is 0.0958. The molecule has 14 heteroatoms. The van der Waals surface area contributed by atoms with E-state index in [0.717, 1.165) is 44.2 Å². The van der Waals surface area contributed by atoms with Gasteiger partial charge in [-0.2, -0.15) is 0 Å². The van der Waals surface area contributed by atoms with Crippen LogP contribution in [0.3, 0.4) is 0 Å². The lowest BCUT2D eigenvalue weighted by molar-refractivity contribution is -0.162. The highest BCUT2D eigenvalue weighted by Gasteiger charge is 2.36. The summed E-state index contributed by atoms with van der Waals surface area (Å²) in [6, 6.07) is 38.5. The number of imidazole rings is 1. The summed E-state index contributed by atoms with van der Waals surface area (Å²) in [7, 11) is 0. The zero-order chi connectivity index (χ0) is 46.0. The van der Waals surface area contributed by atoms with Gasteiger partial charge in [-0.15, -0.1) is 0 Å². The maximum atomic E-state index is 15.2. The lowest BCUT2D eigenvalue weighted by atomic mass is 9.87. The first-order chi connectivity index (χ1) is 32.7. The lowest BCUT2D eigenvalue weighted by Gasteiger charge is -2.38. The number of benzene rings is 6. The molecule has 10 rings (SSSR count). The van der Waals surface area contributed by atoms with Crippen molar-refractivity contribution in [3.63, 3.8) is 0 Å². The van der Waals surface area contributed by atoms with Gasteiger partial charge in [0.2, 0.25) is 11.8 Å². The largest absolute Gasteiger partial charge is 0.482 e. The normalized spacial score (nSPS) is 15.5. The number of halogens is 2. The molecule has 4 heterocycles. The Hall–Kier alpha value is -8.13. The number of nitrogens with one attached hydrogen (secondary N) is 1. The fraction of sp³-hybridized carbons (Fsp3) is 0.189. The predicted octanol–water partition coefficient (Wildman–Crippen LogP) is 8.21. The molecule has 67 heavy (non-hydrogen) atoms. The third-order valence-corrected chi connectivity index (χ3v) is 12.4. The van der Waals surface area contributed by atoms with E-state index in [1.54, 1.807) is 9.80 Å². The van der Waals surface area contributed by atoms with Crippen molar-refractivity contribution < 1.29 is 42.2 Å². The second kappa shape index (κ2) is 18.4. The molecule has 2 aliphatic heterocycles. The van der Waals surface area contributed by atoms with Crippen molar-refractivity contribution in [2.75, 3.05) is 26.3 Å². The molecule has 0 saturated carbocycles. The number of ether oxygens (including phenoxy) is 3. The van der Waals surface area contributed by atoms with Crippen LogP contribution in [0.15, 0.2) is 146 Å². The fourth-order valence-electron chi connectivity index (χ4n) is 9.38. The average molecular weight is 900 g/mol. The van der Waals surface area contributed by atoms with Crippen molar-refractivity contribution in [1.29, 1.82) is 0 Å². The maximum absolute atomic E-state index is 15.2. The van der Waals surface area contributed by atoms with Crippen molar-refractivity contribution in [1.82, 2.24) is 24.3 Å². The molecule has 1 N–H and O–H groups in total. The Bertz CT molecular complexity index is 3170. The maximum Gasteiger partial charge on any atom is 0.351 e. The van der Waals surface area contributed by atoms with Gasteiger partial charge < -0.3 is 33.6 Å². The molecule has 2 aromatic heterocycles. The Morgan fingerprint density at radius 3 is 1.79 bits per heavy atom. The Kier molecular flexibility index (Phi) is 11.8. The Balaban J connectivity index is 0.840. The number of esters is 2. The van der Waals surface area contributed by atoms with Crippen LogP contribution in [-0.4, -0.2) is 74.4 Å². The number of carbonyl (C=O) groups is 4. The zero-order valence-corrected chi connectivity index (χ0v) is 36.1. The van der Waals surface area contributed by atoms with Crippen molar-refractivity contribution in [2.45, 2.75) is 37.9 Å². The molecule has 2 unspecified atom stereocenters. The summed E-state index contributed by atoms with van der Waals surface area (Å²) in [5.74, 6) is -2.98. The minimum Gasteiger partial charge on any atom is -0.482 e. The van der Waals surface area contributed by atoms with E-state index in [4.69, 9.17) is 14.2 Å². The third kappa shape index (κ3) is 8.85. The SMILES string of the molecule is O=C(COc1ccc(F)cc1C1c2ccccc2CCN1C(=O)Cc1nc2ccccc2[nH]1)OC(=O)COc1ccc(F)cc1C1c2ccccc2CCN1C(=O)Cn1ccc2ccccc21. The predicted molar refractivity (Wildman–Crippen MR) is 244 cm³/mol. The van der Waals surface area contributed by atoms with Crippen LogP contribution in [-0.2, 0) is 49.7 Å². The van der Waals surface area contributed by atoms with Crippen LogP contribution in [0.25, 0.3) is 21.9 Å². The number of fused-ring (bicyclic) bond motifs is 4. The molecule has 6 aromatic carbocycles. The minimum absolute atomic E-state index is 0.0366. The number of H-pyrrole nitrogens is 1. The lowest BCUT2D eigenvalue weighted by Crippen LogP contribution is -2.42. The van der Waals surface area contributed by atoms with Crippen molar-refractivity contribution in [2.24, 2.45) is 0 Å². The molecule has 0 saturated heterocycles. The second-order valence-corrected chi connectivity index (χ2v) is 16.5. The molecule has 2 amide bonds. The van der Waals surface area contributed by atoms with Crippen LogP contribution >= 0.6 is 0 Å². The highest BCUT2D eigenvalue weighted by atomic mass is 19.1. The van der Waals surface area contributed by atoms with Crippen molar-refractivity contribution in [3.8, 4) is 11.5 Å². The van der Waals surface area contributed by atoms with Gasteiger partial charge in [-0.25, -0.2) is 23.4 Å². The third-order valence-electron chi connectivity index (χ3n) is 12.4. The van der Waals surface area contributed by atoms with Crippen LogP contribution in [0.4, 0.5) is 8.78 Å². The number of amides is 2. The van der Waals surface area contributed by atoms with Crippen LogP contribution in [0.5, 0.6) is 11.5 Å². The molecule has 2 aliphatic rings. The van der Waals surface area contributed by atoms with E-state index in [-0.39, 0.29) is 36.3 Å². The molecule has 0 fully saturated rings. The van der Waals surface area contributed by atoms with Crippen molar-refractivity contribution >= 4 is 45.7 Å². The van der Waals surface area contributed by atoms with E-state index in [1.165, 1.54) is 36.4 Å². The second-order valence-electron chi connectivity index (χ2n) is 16.5. The monoisotopic (exact) mass is 899 g/mol. The van der Waals surface area contributed by atoms with Gasteiger partial charge in [0.1, 0.15) is 35.5 Å². The molecule has 336 valence electrons. The van der Waals surface area contributed by atoms with Gasteiger partial charge in [-0.1, -0.05) is 78.9 Å². The summed E-state index contributed by atoms with van der Waals surface area (Å²) >= 11 is 0. The first-order valence-electron chi connectivity index (χ1n) is 22.0. The smallest absolute Gasteiger partial charge is 0.351 e. The molecule has 0 aliphatic carbocycles. The summed E-state index contributed by atoms with van der Waals surface area (Å²) in [4.78, 5) is 65.8. The number of hydrogen-bond donors (Lipinski definition) is 1. The van der Waals surface area contributed by atoms with E-state index >= 15 is 8.78 Å². The summed E-state index contributed by atoms with van der Waals surface area (Å²) in [5, 5.41) is 0.996. The molecule has 8 aromatic rings. The van der Waals surface area contributed by atoms with Gasteiger partial charge in [0, 0.05) is 35.9 Å². The Labute approximate surface area is 383 Å². The van der Waals surface area contributed by atoms with Gasteiger partial charge in [0.05, 0.1) is 29.5 Å². The van der Waals surface area contributed by atoms with E-state index in [1.807, 2.05) is 114 Å². The number of nitrogens with zero attached hydrogens (tertiary/aromatic N) is 4. The highest BCUT2D eigenvalue weighted by Crippen LogP contribution is 2.42. The van der Waals surface area contributed by atoms with Crippen LogP contribution in [0.1, 0.15) is 51.3 Å². The highest BCUT2D eigenvalue weighted by molar-refractivity contribution is 5.87. The summed E-state index contributed by atoms with van der Waals surface area (Å²) in [5.41, 5.74) is 6.58. The molecule has 0 radical (unpaired) electrons. The molecular weight excluding hydrogens is 857 g/mol. The van der Waals surface area contributed by atoms with Crippen LogP contribution < -0.4 is 9.47 Å². The number of rotatable bonds is 12. The number of aromatic amines is 1. The van der Waals surface area contributed by atoms with E-state index < -0.39 is 48.9 Å². The first kappa shape index (κ1) is 42.8. The number of hydrogen-bond acceptors (Lipinski definition) is 8. The van der Waals surface area contributed by atoms with Gasteiger partial charge in [-0.3, -0.25) is 9.59 Å². The molecule has 0 spiro atoms. The number of carbonyl (C=O) groups excluding carboxylic acids is 4. The average Bonchev–Trinajstić information content (AvgIpc) is 3.95. The summed E-state index contributed by atoms with van der Waals surface area (Å²) < 4.78 is 49.2. The van der Waals surface area contributed by atoms with Gasteiger partial charge in [0.15, 0.2) is 13.2 Å². The zero-order valence-electron chi connectivity index (χ0n) is 36.1. The molecule has 0 bridgehead atoms. The molecular formula is C53H43F2N5O7. The Morgan fingerprint density at radius 1 is 0.612 bits per heavy atom. The van der Waals surface area contributed by atoms with Crippen LogP contribution in [0.2, 0.25) is 0 Å². The van der Waals surface area contributed by atoms with Gasteiger partial charge in [0.25, 0.3) is 0 Å². The minimum atomic E-state index is -1.06. The fourth-order valence-corrected chi connectivity index (χ4v) is 9.38. The summed E-state index contributed by atoms with van der Waals surface area (Å²) in [6.45, 7) is -0.742. The van der Waals surface area contributed by atoms with E-state index in [0.29, 0.717) is 42.9 Å². The molecule has 2 atom stereocenters. The van der Waals surface area contributed by atoms with Gasteiger partial charge >= 0.3 is 11.9 Å². The number of aromatic nitrogens is 3. The van der Waals surface area contributed by atoms with Gasteiger partial charge in [-0.05, 0) is 101 Å². The standard InChI is InChI=1S/C53H43F2N5O7/c54-36-17-19-45(40(27-36)52-38-12-4-1-9-33(38)22-25-59(52)48(61)29-47-56-42-14-6-7-15-43(42)57-47)65-31-50(63)67-51(64)32-66-46-20-18-37(55)28-41(46)53-39-13-5-2-10-34(39)23-26-60(53)49(62)30-58-24-21-35-11-3-8-16-44(35)58/h1-21,24,27-28,52-53H,22-23,25-26,29-32H2,(H,56,57). The van der Waals surface area contributed by atoms with Crippen LogP contribution in [0, 0.1) is 11.6 Å². The van der Waals surface area contributed by atoms with E-state index in [9.17, 15) is 19.2 Å². The number of para-hydroxylation sites is 3. The van der Waals surface area contributed by atoms with E-state index in [2.05, 4.69) is 9.97 Å². The Morgan fingerprint density at radius 2 is 1.16 bits per heavy atom.